The Kier molecular flexibility index (Phi) is 1.76. The van der Waals surface area contributed by atoms with Crippen molar-refractivity contribution in [3.8, 4) is 5.88 Å². The molecule has 0 fully saturated rings. The predicted octanol–water partition coefficient (Wildman–Crippen LogP) is 1.16. The molecule has 0 aromatic carbocycles. The minimum Gasteiger partial charge on any atom is -0.482 e. The van der Waals surface area contributed by atoms with Crippen LogP contribution in [0, 0.1) is 0 Å². The second-order valence-corrected chi connectivity index (χ2v) is 1.94. The maximum Gasteiger partial charge on any atom is 0.230 e. The number of nitrogens with zero attached hydrogens (tertiary/aromatic N) is 1. The summed E-state index contributed by atoms with van der Waals surface area (Å²) < 4.78 is 6.33. The molecule has 10 heavy (non-hydrogen) atoms. The summed E-state index contributed by atoms with van der Waals surface area (Å²) in [6.45, 7) is 1.49. The van der Waals surface area contributed by atoms with Crippen LogP contribution in [0.1, 0.15) is 11.7 Å². The molecule has 0 saturated carbocycles. The second-order valence-electron chi connectivity index (χ2n) is 1.94. The van der Waals surface area contributed by atoms with E-state index in [1.54, 1.807) is 18.3 Å². The lowest BCUT2D eigenvalue weighted by molar-refractivity contribution is 0.0927. The quantitative estimate of drug-likeness (QED) is 0.584. The third-order valence-electron chi connectivity index (χ3n) is 1.26. The first-order valence-electron chi connectivity index (χ1n) is 2.98. The van der Waals surface area contributed by atoms with Crippen molar-refractivity contribution in [2.45, 2.75) is 6.92 Å². The summed E-state index contributed by atoms with van der Waals surface area (Å²) >= 11 is 0. The number of methoxy groups -OCH3 is 1. The van der Waals surface area contributed by atoms with Crippen LogP contribution in [0.5, 0.6) is 5.88 Å². The van der Waals surface area contributed by atoms with Crippen LogP contribution in [-0.2, 0) is 0 Å². The first-order valence-corrected chi connectivity index (χ1v) is 2.98. The molecule has 0 bridgehead atoms. The largest absolute Gasteiger partial charge is 0.482 e. The van der Waals surface area contributed by atoms with Gasteiger partial charge in [0, 0.05) is 19.2 Å². The van der Waals surface area contributed by atoms with Crippen LogP contribution in [0.3, 0.4) is 0 Å². The van der Waals surface area contributed by atoms with E-state index in [-0.39, 0.29) is 5.91 Å². The van der Waals surface area contributed by atoms with Gasteiger partial charge in [0.1, 0.15) is 0 Å². The third-order valence-corrected chi connectivity index (χ3v) is 1.26. The van der Waals surface area contributed by atoms with Crippen LogP contribution in [0.2, 0.25) is 0 Å². The van der Waals surface area contributed by atoms with Crippen molar-refractivity contribution in [3.63, 3.8) is 0 Å². The molecule has 0 amide bonds. The Morgan fingerprint density at radius 3 is 2.80 bits per heavy atom. The highest BCUT2D eigenvalue weighted by Crippen LogP contribution is 2.09. The van der Waals surface area contributed by atoms with Gasteiger partial charge in [0.25, 0.3) is 0 Å². The molecule has 0 aliphatic heterocycles. The van der Waals surface area contributed by atoms with Crippen LogP contribution in [0.4, 0.5) is 0 Å². The molecule has 0 saturated heterocycles. The molecule has 1 rings (SSSR count). The molecule has 0 radical (unpaired) electrons. The molecule has 1 aromatic rings. The highest BCUT2D eigenvalue weighted by Gasteiger charge is 2.01. The van der Waals surface area contributed by atoms with Gasteiger partial charge in [-0.1, -0.05) is 0 Å². The van der Waals surface area contributed by atoms with E-state index in [2.05, 4.69) is 0 Å². The van der Waals surface area contributed by atoms with E-state index in [0.29, 0.717) is 5.88 Å². The zero-order valence-electron chi connectivity index (χ0n) is 6.00. The van der Waals surface area contributed by atoms with Gasteiger partial charge >= 0.3 is 0 Å². The summed E-state index contributed by atoms with van der Waals surface area (Å²) in [4.78, 5) is 10.8. The molecule has 3 nitrogen and oxygen atoms in total. The molecular formula is C7H9NO2. The maximum atomic E-state index is 10.8. The average Bonchev–Trinajstić information content (AvgIpc) is 2.33. The number of rotatable bonds is 1. The van der Waals surface area contributed by atoms with Gasteiger partial charge in [-0.25, -0.2) is 0 Å². The number of carbonyl (C=O) groups is 1. The fourth-order valence-corrected chi connectivity index (χ4v) is 0.792. The lowest BCUT2D eigenvalue weighted by Gasteiger charge is -2.00. The molecular weight excluding hydrogens is 130 g/mol. The smallest absolute Gasteiger partial charge is 0.230 e. The molecule has 0 aliphatic rings. The lowest BCUT2D eigenvalue weighted by Crippen LogP contribution is -2.05. The van der Waals surface area contributed by atoms with Crippen LogP contribution in [0.25, 0.3) is 0 Å². The van der Waals surface area contributed by atoms with Crippen LogP contribution in [-0.4, -0.2) is 17.6 Å². The van der Waals surface area contributed by atoms with Gasteiger partial charge in [0.2, 0.25) is 5.91 Å². The van der Waals surface area contributed by atoms with Gasteiger partial charge in [0.05, 0.1) is 7.11 Å². The van der Waals surface area contributed by atoms with Crippen molar-refractivity contribution >= 4 is 5.91 Å². The Labute approximate surface area is 59.2 Å². The van der Waals surface area contributed by atoms with Crippen LogP contribution in [0.15, 0.2) is 18.3 Å². The second kappa shape index (κ2) is 2.56. The van der Waals surface area contributed by atoms with E-state index >= 15 is 0 Å². The molecule has 0 N–H and O–H groups in total. The average molecular weight is 139 g/mol. The van der Waals surface area contributed by atoms with Gasteiger partial charge in [-0.3, -0.25) is 9.36 Å². The molecule has 0 aliphatic carbocycles. The minimum atomic E-state index is -0.0400. The molecule has 0 unspecified atom stereocenters. The summed E-state index contributed by atoms with van der Waals surface area (Å²) in [6.07, 6.45) is 1.67. The Bertz CT molecular complexity index is 240. The predicted molar refractivity (Wildman–Crippen MR) is 37.3 cm³/mol. The van der Waals surface area contributed by atoms with Gasteiger partial charge in [-0.15, -0.1) is 0 Å². The molecule has 0 spiro atoms. The first-order chi connectivity index (χ1) is 4.75. The first kappa shape index (κ1) is 6.86. The number of ether oxygens (including phenoxy) is 1. The van der Waals surface area contributed by atoms with Gasteiger partial charge in [-0.2, -0.15) is 0 Å². The monoisotopic (exact) mass is 139 g/mol. The molecule has 1 heterocycles. The number of hydrogen-bond donors (Lipinski definition) is 0. The topological polar surface area (TPSA) is 31.2 Å². The van der Waals surface area contributed by atoms with Gasteiger partial charge in [0.15, 0.2) is 5.88 Å². The molecule has 3 heteroatoms. The summed E-state index contributed by atoms with van der Waals surface area (Å²) in [7, 11) is 1.54. The van der Waals surface area contributed by atoms with Crippen molar-refractivity contribution in [1.82, 2.24) is 4.57 Å². The van der Waals surface area contributed by atoms with E-state index < -0.39 is 0 Å². The van der Waals surface area contributed by atoms with Crippen LogP contribution >= 0.6 is 0 Å². The number of carbonyl (C=O) groups excluding carboxylic acids is 1. The van der Waals surface area contributed by atoms with E-state index in [9.17, 15) is 4.79 Å². The Balaban J connectivity index is 3.01. The highest BCUT2D eigenvalue weighted by molar-refractivity contribution is 5.77. The van der Waals surface area contributed by atoms with Gasteiger partial charge < -0.3 is 4.74 Å². The fraction of sp³-hybridized carbons (Fsp3) is 0.286. The normalized spacial score (nSPS) is 9.40. The highest BCUT2D eigenvalue weighted by atomic mass is 16.5. The van der Waals surface area contributed by atoms with Gasteiger partial charge in [-0.05, 0) is 6.07 Å². The summed E-state index contributed by atoms with van der Waals surface area (Å²) in [5.74, 6) is 0.536. The minimum absolute atomic E-state index is 0.0400. The maximum absolute atomic E-state index is 10.8. The van der Waals surface area contributed by atoms with Crippen molar-refractivity contribution in [3.05, 3.63) is 18.3 Å². The Morgan fingerprint density at radius 1 is 1.70 bits per heavy atom. The SMILES string of the molecule is COc1cccn1C(C)=O. The van der Waals surface area contributed by atoms with E-state index in [0.717, 1.165) is 0 Å². The van der Waals surface area contributed by atoms with Crippen molar-refractivity contribution in [2.24, 2.45) is 0 Å². The summed E-state index contributed by atoms with van der Waals surface area (Å²) in [6, 6.07) is 3.50. The summed E-state index contributed by atoms with van der Waals surface area (Å²) in [5.41, 5.74) is 0. The zero-order chi connectivity index (χ0) is 7.56. The van der Waals surface area contributed by atoms with Crippen molar-refractivity contribution < 1.29 is 9.53 Å². The molecule has 54 valence electrons. The Hall–Kier alpha value is -1.25. The van der Waals surface area contributed by atoms with Crippen molar-refractivity contribution in [2.75, 3.05) is 7.11 Å². The third kappa shape index (κ3) is 1.03. The summed E-state index contributed by atoms with van der Waals surface area (Å²) in [5, 5.41) is 0. The number of aromatic nitrogens is 1. The Morgan fingerprint density at radius 2 is 2.40 bits per heavy atom. The molecule has 1 aromatic heterocycles. The van der Waals surface area contributed by atoms with E-state index in [1.165, 1.54) is 18.6 Å². The number of hydrogen-bond acceptors (Lipinski definition) is 2. The molecule has 0 atom stereocenters. The van der Waals surface area contributed by atoms with E-state index in [4.69, 9.17) is 4.74 Å². The zero-order valence-corrected chi connectivity index (χ0v) is 6.00. The van der Waals surface area contributed by atoms with E-state index in [1.807, 2.05) is 0 Å². The van der Waals surface area contributed by atoms with Crippen LogP contribution < -0.4 is 4.74 Å². The fourth-order valence-electron chi connectivity index (χ4n) is 0.792. The standard InChI is InChI=1S/C7H9NO2/c1-6(9)8-5-3-4-7(8)10-2/h3-5H,1-2H3. The lowest BCUT2D eigenvalue weighted by atomic mass is 10.6. The van der Waals surface area contributed by atoms with Crippen molar-refractivity contribution in [1.29, 1.82) is 0 Å².